The van der Waals surface area contributed by atoms with Crippen LogP contribution in [0.2, 0.25) is 0 Å². The summed E-state index contributed by atoms with van der Waals surface area (Å²) in [5, 5.41) is 8.90. The third kappa shape index (κ3) is 4.49. The van der Waals surface area contributed by atoms with Crippen LogP contribution in [0.3, 0.4) is 0 Å². The van der Waals surface area contributed by atoms with E-state index in [-0.39, 0.29) is 35.3 Å². The number of rotatable bonds is 4. The van der Waals surface area contributed by atoms with Gasteiger partial charge in [-0.3, -0.25) is 9.59 Å². The van der Waals surface area contributed by atoms with Crippen molar-refractivity contribution in [1.82, 2.24) is 0 Å². The minimum absolute atomic E-state index is 0. The molecule has 0 aliphatic carbocycles. The molecule has 104 valence electrons. The number of aliphatic carboxylic acids is 1. The maximum absolute atomic E-state index is 12.3. The molecule has 0 fully saturated rings. The summed E-state index contributed by atoms with van der Waals surface area (Å²) in [6.07, 6.45) is 0. The predicted octanol–water partition coefficient (Wildman–Crippen LogP) is 2.12. The van der Waals surface area contributed by atoms with E-state index in [0.29, 0.717) is 16.7 Å². The van der Waals surface area contributed by atoms with Gasteiger partial charge in [-0.25, -0.2) is 0 Å². The number of hydrogen-bond acceptors (Lipinski definition) is 3. The first-order valence-corrected chi connectivity index (χ1v) is 6.67. The van der Waals surface area contributed by atoms with E-state index in [1.165, 1.54) is 6.07 Å². The van der Waals surface area contributed by atoms with Crippen molar-refractivity contribution >= 4 is 57.2 Å². The molecule has 0 heterocycles. The fourth-order valence-electron chi connectivity index (χ4n) is 1.78. The zero-order chi connectivity index (χ0) is 14.7. The fraction of sp³-hybridized carbons (Fsp3) is 0.0667. The SMILES string of the molecule is NC(C(=O)O)c1cccc(C(=O)c2ccc(Br)cc2)c1.[NaH]. The van der Waals surface area contributed by atoms with Gasteiger partial charge in [-0.15, -0.1) is 0 Å². The molecule has 0 aliphatic heterocycles. The Hall–Kier alpha value is -0.980. The van der Waals surface area contributed by atoms with Crippen LogP contribution in [0, 0.1) is 0 Å². The van der Waals surface area contributed by atoms with Gasteiger partial charge in [0.1, 0.15) is 6.04 Å². The van der Waals surface area contributed by atoms with E-state index < -0.39 is 12.0 Å². The van der Waals surface area contributed by atoms with Crippen molar-refractivity contribution in [3.05, 3.63) is 69.7 Å². The molecule has 2 rings (SSSR count). The van der Waals surface area contributed by atoms with Gasteiger partial charge in [-0.2, -0.15) is 0 Å². The van der Waals surface area contributed by atoms with Gasteiger partial charge in [0.15, 0.2) is 5.78 Å². The molecule has 0 saturated heterocycles. The number of nitrogens with two attached hydrogens (primary N) is 1. The third-order valence-corrected chi connectivity index (χ3v) is 3.41. The van der Waals surface area contributed by atoms with Crippen LogP contribution in [0.15, 0.2) is 53.0 Å². The van der Waals surface area contributed by atoms with E-state index in [9.17, 15) is 9.59 Å². The first-order chi connectivity index (χ1) is 9.49. The van der Waals surface area contributed by atoms with Crippen molar-refractivity contribution in [3.63, 3.8) is 0 Å². The summed E-state index contributed by atoms with van der Waals surface area (Å²) in [6.45, 7) is 0. The van der Waals surface area contributed by atoms with Crippen LogP contribution in [0.5, 0.6) is 0 Å². The Morgan fingerprint density at radius 3 is 2.24 bits per heavy atom. The molecule has 0 aromatic heterocycles. The number of benzene rings is 2. The molecular formula is C15H13BrNNaO3. The zero-order valence-corrected chi connectivity index (χ0v) is 12.0. The molecule has 1 atom stereocenters. The van der Waals surface area contributed by atoms with E-state index in [2.05, 4.69) is 15.9 Å². The van der Waals surface area contributed by atoms with Crippen molar-refractivity contribution in [2.24, 2.45) is 5.73 Å². The Kier molecular flexibility index (Phi) is 6.77. The molecule has 2 aromatic carbocycles. The topological polar surface area (TPSA) is 80.4 Å². The van der Waals surface area contributed by atoms with E-state index >= 15 is 0 Å². The first-order valence-electron chi connectivity index (χ1n) is 5.87. The quantitative estimate of drug-likeness (QED) is 0.648. The molecule has 4 nitrogen and oxygen atoms in total. The minimum atomic E-state index is -1.13. The summed E-state index contributed by atoms with van der Waals surface area (Å²) in [5.41, 5.74) is 6.91. The zero-order valence-electron chi connectivity index (χ0n) is 10.4. The molecule has 0 radical (unpaired) electrons. The number of carbonyl (C=O) groups is 2. The summed E-state index contributed by atoms with van der Waals surface area (Å²) in [5.74, 6) is -1.30. The molecule has 1 unspecified atom stereocenters. The van der Waals surface area contributed by atoms with E-state index in [4.69, 9.17) is 10.8 Å². The molecule has 6 heteroatoms. The standard InChI is InChI=1S/C15H12BrNO3.Na.H/c16-12-6-4-9(5-7-12)14(18)11-3-1-2-10(8-11)13(17)15(19)20;;/h1-8,13H,17H2,(H,19,20);;. The molecule has 0 amide bonds. The summed E-state index contributed by atoms with van der Waals surface area (Å²) in [4.78, 5) is 23.2. The summed E-state index contributed by atoms with van der Waals surface area (Å²) < 4.78 is 0.885. The summed E-state index contributed by atoms with van der Waals surface area (Å²) in [7, 11) is 0. The van der Waals surface area contributed by atoms with Gasteiger partial charge >= 0.3 is 35.5 Å². The second kappa shape index (κ2) is 7.87. The number of ketones is 1. The van der Waals surface area contributed by atoms with Crippen molar-refractivity contribution in [2.75, 3.05) is 0 Å². The molecule has 21 heavy (non-hydrogen) atoms. The number of carbonyl (C=O) groups excluding carboxylic acids is 1. The Morgan fingerprint density at radius 1 is 1.05 bits per heavy atom. The van der Waals surface area contributed by atoms with Crippen molar-refractivity contribution < 1.29 is 14.7 Å². The second-order valence-corrected chi connectivity index (χ2v) is 5.19. The van der Waals surface area contributed by atoms with Crippen LogP contribution in [0.4, 0.5) is 0 Å². The Labute approximate surface area is 152 Å². The van der Waals surface area contributed by atoms with Crippen LogP contribution < -0.4 is 5.73 Å². The monoisotopic (exact) mass is 357 g/mol. The average Bonchev–Trinajstić information content (AvgIpc) is 2.46. The molecule has 0 aliphatic rings. The normalized spacial score (nSPS) is 11.3. The van der Waals surface area contributed by atoms with Crippen molar-refractivity contribution in [2.45, 2.75) is 6.04 Å². The second-order valence-electron chi connectivity index (χ2n) is 4.28. The number of carboxylic acids is 1. The van der Waals surface area contributed by atoms with Gasteiger partial charge in [-0.1, -0.05) is 34.1 Å². The third-order valence-electron chi connectivity index (χ3n) is 2.88. The Balaban J connectivity index is 0.00000220. The predicted molar refractivity (Wildman–Crippen MR) is 85.7 cm³/mol. The summed E-state index contributed by atoms with van der Waals surface area (Å²) in [6, 6.07) is 12.2. The van der Waals surface area contributed by atoms with Gasteiger partial charge in [0.25, 0.3) is 0 Å². The van der Waals surface area contributed by atoms with Gasteiger partial charge in [-0.05, 0) is 35.9 Å². The number of hydrogen-bond donors (Lipinski definition) is 2. The molecule has 0 spiro atoms. The van der Waals surface area contributed by atoms with E-state index in [1.807, 2.05) is 0 Å². The molecule has 2 aromatic rings. The van der Waals surface area contributed by atoms with Crippen LogP contribution in [0.1, 0.15) is 27.5 Å². The van der Waals surface area contributed by atoms with Gasteiger partial charge < -0.3 is 10.8 Å². The van der Waals surface area contributed by atoms with E-state index in [0.717, 1.165) is 4.47 Å². The van der Waals surface area contributed by atoms with Gasteiger partial charge in [0, 0.05) is 15.6 Å². The molecule has 0 saturated carbocycles. The van der Waals surface area contributed by atoms with E-state index in [1.54, 1.807) is 42.5 Å². The van der Waals surface area contributed by atoms with Crippen LogP contribution >= 0.6 is 15.9 Å². The Morgan fingerprint density at radius 2 is 1.67 bits per heavy atom. The number of carboxylic acid groups (broad SMARTS) is 1. The molecule has 3 N–H and O–H groups in total. The molecular weight excluding hydrogens is 345 g/mol. The van der Waals surface area contributed by atoms with Crippen molar-refractivity contribution in [3.8, 4) is 0 Å². The van der Waals surface area contributed by atoms with Crippen LogP contribution in [-0.4, -0.2) is 46.4 Å². The van der Waals surface area contributed by atoms with Gasteiger partial charge in [0.05, 0.1) is 0 Å². The fourth-order valence-corrected chi connectivity index (χ4v) is 2.05. The van der Waals surface area contributed by atoms with Gasteiger partial charge in [0.2, 0.25) is 0 Å². The number of halogens is 1. The summed E-state index contributed by atoms with van der Waals surface area (Å²) >= 11 is 3.30. The maximum atomic E-state index is 12.3. The average molecular weight is 358 g/mol. The first kappa shape index (κ1) is 18.1. The van der Waals surface area contributed by atoms with Crippen molar-refractivity contribution in [1.29, 1.82) is 0 Å². The van der Waals surface area contributed by atoms with Crippen LogP contribution in [-0.2, 0) is 4.79 Å². The Bertz CT molecular complexity index is 658. The molecule has 0 bridgehead atoms. The van der Waals surface area contributed by atoms with Crippen LogP contribution in [0.25, 0.3) is 0 Å².